The van der Waals surface area contributed by atoms with E-state index >= 15 is 0 Å². The van der Waals surface area contributed by atoms with Crippen molar-refractivity contribution in [3.63, 3.8) is 0 Å². The second-order valence-corrected chi connectivity index (χ2v) is 2.45. The van der Waals surface area contributed by atoms with E-state index in [2.05, 4.69) is 10.3 Å². The largest absolute Gasteiger partial charge is 0.477 e. The third-order valence-electron chi connectivity index (χ3n) is 1.64. The van der Waals surface area contributed by atoms with E-state index in [0.717, 1.165) is 5.82 Å². The second-order valence-electron chi connectivity index (χ2n) is 2.45. The highest BCUT2D eigenvalue weighted by molar-refractivity contribution is 5.85. The van der Waals surface area contributed by atoms with Crippen LogP contribution in [-0.2, 0) is 13.6 Å². The summed E-state index contributed by atoms with van der Waals surface area (Å²) < 4.78 is 1.55. The molecule has 0 aromatic carbocycles. The van der Waals surface area contributed by atoms with E-state index in [1.54, 1.807) is 18.7 Å². The molecule has 2 N–H and O–H groups in total. The molecule has 0 amide bonds. The monoisotopic (exact) mass is 169 g/mol. The zero-order valence-electron chi connectivity index (χ0n) is 7.03. The van der Waals surface area contributed by atoms with Crippen LogP contribution in [-0.4, -0.2) is 27.7 Å². The van der Waals surface area contributed by atoms with E-state index in [4.69, 9.17) is 5.11 Å². The van der Waals surface area contributed by atoms with Crippen molar-refractivity contribution in [2.75, 3.05) is 7.05 Å². The van der Waals surface area contributed by atoms with Crippen LogP contribution in [0, 0.1) is 0 Å². The Morgan fingerprint density at radius 3 is 2.92 bits per heavy atom. The molecular weight excluding hydrogens is 158 g/mol. The molecule has 12 heavy (non-hydrogen) atoms. The average molecular weight is 169 g/mol. The number of carbonyl (C=O) groups is 1. The van der Waals surface area contributed by atoms with Gasteiger partial charge in [-0.2, -0.15) is 0 Å². The van der Waals surface area contributed by atoms with Crippen LogP contribution in [0.4, 0.5) is 0 Å². The van der Waals surface area contributed by atoms with Gasteiger partial charge < -0.3 is 15.0 Å². The van der Waals surface area contributed by atoms with Crippen LogP contribution in [0.5, 0.6) is 0 Å². The zero-order chi connectivity index (χ0) is 9.14. The number of carboxylic acids is 1. The highest BCUT2D eigenvalue weighted by atomic mass is 16.4. The quantitative estimate of drug-likeness (QED) is 0.659. The molecule has 0 saturated heterocycles. The molecule has 0 unspecified atom stereocenters. The Bertz CT molecular complexity index is 293. The van der Waals surface area contributed by atoms with Gasteiger partial charge in [-0.15, -0.1) is 0 Å². The first kappa shape index (κ1) is 8.73. The van der Waals surface area contributed by atoms with Crippen LogP contribution in [0.15, 0.2) is 6.20 Å². The molecule has 0 aliphatic heterocycles. The molecule has 0 aliphatic rings. The minimum Gasteiger partial charge on any atom is -0.477 e. The van der Waals surface area contributed by atoms with E-state index in [1.807, 2.05) is 0 Å². The zero-order valence-corrected chi connectivity index (χ0v) is 7.03. The van der Waals surface area contributed by atoms with Gasteiger partial charge in [0.1, 0.15) is 11.5 Å². The number of hydrogen-bond acceptors (Lipinski definition) is 3. The second kappa shape index (κ2) is 3.36. The Labute approximate surface area is 70.0 Å². The van der Waals surface area contributed by atoms with E-state index in [0.29, 0.717) is 6.54 Å². The third-order valence-corrected chi connectivity index (χ3v) is 1.64. The lowest BCUT2D eigenvalue weighted by Crippen LogP contribution is -2.13. The van der Waals surface area contributed by atoms with Gasteiger partial charge >= 0.3 is 5.97 Å². The molecule has 0 fully saturated rings. The Kier molecular flexibility index (Phi) is 2.44. The third kappa shape index (κ3) is 1.45. The molecule has 0 bridgehead atoms. The molecule has 0 spiro atoms. The maximum Gasteiger partial charge on any atom is 0.354 e. The summed E-state index contributed by atoms with van der Waals surface area (Å²) in [6.07, 6.45) is 1.36. The summed E-state index contributed by atoms with van der Waals surface area (Å²) in [4.78, 5) is 14.5. The molecule has 0 atom stereocenters. The molecule has 5 heteroatoms. The van der Waals surface area contributed by atoms with Crippen LogP contribution in [0.1, 0.15) is 16.3 Å². The van der Waals surface area contributed by atoms with Crippen molar-refractivity contribution in [1.29, 1.82) is 0 Å². The van der Waals surface area contributed by atoms with Crippen LogP contribution in [0.2, 0.25) is 0 Å². The van der Waals surface area contributed by atoms with Gasteiger partial charge in [-0.05, 0) is 7.05 Å². The van der Waals surface area contributed by atoms with E-state index in [1.165, 1.54) is 6.20 Å². The lowest BCUT2D eigenvalue weighted by atomic mass is 10.5. The average Bonchev–Trinajstić information content (AvgIpc) is 2.34. The van der Waals surface area contributed by atoms with Crippen LogP contribution >= 0.6 is 0 Å². The fourth-order valence-corrected chi connectivity index (χ4v) is 0.969. The van der Waals surface area contributed by atoms with Gasteiger partial charge in [0.25, 0.3) is 0 Å². The van der Waals surface area contributed by atoms with Crippen LogP contribution < -0.4 is 5.32 Å². The smallest absolute Gasteiger partial charge is 0.354 e. The summed E-state index contributed by atoms with van der Waals surface area (Å²) in [7, 11) is 3.47. The van der Waals surface area contributed by atoms with Crippen molar-refractivity contribution in [3.8, 4) is 0 Å². The number of nitrogens with zero attached hydrogens (tertiary/aromatic N) is 2. The minimum atomic E-state index is -0.952. The first-order chi connectivity index (χ1) is 5.66. The summed E-state index contributed by atoms with van der Waals surface area (Å²) in [6, 6.07) is 0. The molecule has 0 saturated carbocycles. The number of imidazole rings is 1. The van der Waals surface area contributed by atoms with Crippen molar-refractivity contribution in [1.82, 2.24) is 14.9 Å². The molecule has 0 radical (unpaired) electrons. The number of aromatic carboxylic acids is 1. The van der Waals surface area contributed by atoms with Crippen LogP contribution in [0.25, 0.3) is 0 Å². The predicted octanol–water partition coefficient (Wildman–Crippen LogP) is -0.162. The number of carboxylic acid groups (broad SMARTS) is 1. The van der Waals surface area contributed by atoms with Gasteiger partial charge in [0.2, 0.25) is 0 Å². The van der Waals surface area contributed by atoms with Gasteiger partial charge in [0, 0.05) is 7.05 Å². The lowest BCUT2D eigenvalue weighted by Gasteiger charge is -2.01. The van der Waals surface area contributed by atoms with Crippen molar-refractivity contribution in [2.45, 2.75) is 6.54 Å². The summed E-state index contributed by atoms with van der Waals surface area (Å²) >= 11 is 0. The molecule has 1 aromatic rings. The first-order valence-corrected chi connectivity index (χ1v) is 3.55. The Morgan fingerprint density at radius 1 is 1.83 bits per heavy atom. The summed E-state index contributed by atoms with van der Waals surface area (Å²) in [5, 5.41) is 11.6. The summed E-state index contributed by atoms with van der Waals surface area (Å²) in [6.45, 7) is 0.573. The standard InChI is InChI=1S/C7H11N3O2/c1-8-4-6-9-3-5(7(11)12)10(6)2/h3,8H,4H2,1-2H3,(H,11,12). The minimum absolute atomic E-state index is 0.209. The number of aromatic nitrogens is 2. The maximum absolute atomic E-state index is 10.6. The lowest BCUT2D eigenvalue weighted by molar-refractivity contribution is 0.0686. The Hall–Kier alpha value is -1.36. The highest BCUT2D eigenvalue weighted by Gasteiger charge is 2.10. The molecule has 1 aromatic heterocycles. The van der Waals surface area contributed by atoms with Gasteiger partial charge in [-0.1, -0.05) is 0 Å². The first-order valence-electron chi connectivity index (χ1n) is 3.55. The summed E-state index contributed by atoms with van der Waals surface area (Å²) in [5.74, 6) is -0.234. The molecular formula is C7H11N3O2. The topological polar surface area (TPSA) is 67.2 Å². The van der Waals surface area contributed by atoms with Gasteiger partial charge in [-0.25, -0.2) is 9.78 Å². The van der Waals surface area contributed by atoms with Gasteiger partial charge in [-0.3, -0.25) is 0 Å². The number of nitrogens with one attached hydrogen (secondary N) is 1. The normalized spacial score (nSPS) is 10.2. The predicted molar refractivity (Wildman–Crippen MR) is 42.9 cm³/mol. The Balaban J connectivity index is 2.96. The Morgan fingerprint density at radius 2 is 2.50 bits per heavy atom. The van der Waals surface area contributed by atoms with Crippen molar-refractivity contribution >= 4 is 5.97 Å². The highest BCUT2D eigenvalue weighted by Crippen LogP contribution is 2.01. The van der Waals surface area contributed by atoms with Gasteiger partial charge in [0.15, 0.2) is 0 Å². The number of rotatable bonds is 3. The van der Waals surface area contributed by atoms with E-state index < -0.39 is 5.97 Å². The summed E-state index contributed by atoms with van der Waals surface area (Å²) in [5.41, 5.74) is 0.209. The SMILES string of the molecule is CNCc1ncc(C(=O)O)n1C. The molecule has 0 aliphatic carbocycles. The molecule has 66 valence electrons. The molecule has 5 nitrogen and oxygen atoms in total. The molecule has 1 heterocycles. The van der Waals surface area contributed by atoms with E-state index in [9.17, 15) is 4.79 Å². The fourth-order valence-electron chi connectivity index (χ4n) is 0.969. The van der Waals surface area contributed by atoms with Crippen molar-refractivity contribution in [2.24, 2.45) is 7.05 Å². The molecule has 1 rings (SSSR count). The van der Waals surface area contributed by atoms with Crippen molar-refractivity contribution in [3.05, 3.63) is 17.7 Å². The van der Waals surface area contributed by atoms with Gasteiger partial charge in [0.05, 0.1) is 12.7 Å². The van der Waals surface area contributed by atoms with E-state index in [-0.39, 0.29) is 5.69 Å². The van der Waals surface area contributed by atoms with Crippen LogP contribution in [0.3, 0.4) is 0 Å². The maximum atomic E-state index is 10.6. The number of hydrogen-bond donors (Lipinski definition) is 2. The fraction of sp³-hybridized carbons (Fsp3) is 0.429. The van der Waals surface area contributed by atoms with Crippen molar-refractivity contribution < 1.29 is 9.90 Å².